The number of carbonyl (C=O) groups is 1. The van der Waals surface area contributed by atoms with Gasteiger partial charge in [-0.15, -0.1) is 0 Å². The molecule has 1 N–H and O–H groups in total. The molecule has 0 unspecified atom stereocenters. The SMILES string of the molecule is O=C(Nc1ccccc1)c1ncc(Br)cc1CCc1cc(Cl)cc(Br)c1I. The predicted octanol–water partition coefficient (Wildman–Crippen LogP) is 6.90. The Morgan fingerprint density at radius 2 is 1.78 bits per heavy atom. The second-order valence-electron chi connectivity index (χ2n) is 5.84. The Hall–Kier alpha value is -0.960. The van der Waals surface area contributed by atoms with Crippen LogP contribution in [0.2, 0.25) is 5.02 Å². The lowest BCUT2D eigenvalue weighted by molar-refractivity contribution is 0.102. The molecule has 1 aromatic heterocycles. The smallest absolute Gasteiger partial charge is 0.274 e. The highest BCUT2D eigenvalue weighted by Crippen LogP contribution is 2.28. The Morgan fingerprint density at radius 3 is 2.52 bits per heavy atom. The van der Waals surface area contributed by atoms with Crippen LogP contribution in [0.1, 0.15) is 21.6 Å². The molecule has 138 valence electrons. The lowest BCUT2D eigenvalue weighted by Crippen LogP contribution is -2.16. The number of nitrogens with one attached hydrogen (secondary N) is 1. The number of benzene rings is 2. The first-order valence-corrected chi connectivity index (χ1v) is 11.1. The molecule has 1 amide bonds. The standard InChI is InChI=1S/C20H14Br2ClIN2O/c21-14-8-13(7-6-12-9-15(23)10-17(22)18(12)24)19(25-11-14)20(27)26-16-4-2-1-3-5-16/h1-5,8-11H,6-7H2,(H,26,27). The number of aromatic nitrogens is 1. The van der Waals surface area contributed by atoms with Crippen LogP contribution in [0.4, 0.5) is 5.69 Å². The number of pyridine rings is 1. The molecule has 2 aromatic carbocycles. The summed E-state index contributed by atoms with van der Waals surface area (Å²) in [5.41, 5.74) is 3.18. The van der Waals surface area contributed by atoms with Crippen molar-refractivity contribution in [2.45, 2.75) is 12.8 Å². The van der Waals surface area contributed by atoms with E-state index in [4.69, 9.17) is 11.6 Å². The van der Waals surface area contributed by atoms with Crippen molar-refractivity contribution >= 4 is 77.6 Å². The van der Waals surface area contributed by atoms with E-state index in [1.54, 1.807) is 6.20 Å². The first-order chi connectivity index (χ1) is 12.9. The summed E-state index contributed by atoms with van der Waals surface area (Å²) in [6, 6.07) is 15.2. The molecule has 0 fully saturated rings. The summed E-state index contributed by atoms with van der Waals surface area (Å²) in [7, 11) is 0. The first-order valence-electron chi connectivity index (χ1n) is 8.08. The first kappa shape index (κ1) is 20.8. The highest BCUT2D eigenvalue weighted by molar-refractivity contribution is 14.1. The zero-order chi connectivity index (χ0) is 19.4. The van der Waals surface area contributed by atoms with Gasteiger partial charge in [0.15, 0.2) is 0 Å². The Morgan fingerprint density at radius 1 is 1.07 bits per heavy atom. The lowest BCUT2D eigenvalue weighted by atomic mass is 10.0. The average molecular weight is 621 g/mol. The summed E-state index contributed by atoms with van der Waals surface area (Å²) in [4.78, 5) is 17.1. The monoisotopic (exact) mass is 618 g/mol. The number of para-hydroxylation sites is 1. The van der Waals surface area contributed by atoms with Crippen LogP contribution in [-0.4, -0.2) is 10.9 Å². The third kappa shape index (κ3) is 5.53. The molecule has 1 heterocycles. The van der Waals surface area contributed by atoms with E-state index in [9.17, 15) is 4.79 Å². The number of anilines is 1. The third-order valence-corrected chi connectivity index (χ3v) is 7.20. The topological polar surface area (TPSA) is 42.0 Å². The molecule has 0 aliphatic rings. The summed E-state index contributed by atoms with van der Waals surface area (Å²) < 4.78 is 2.94. The van der Waals surface area contributed by atoms with Gasteiger partial charge < -0.3 is 5.32 Å². The second kappa shape index (κ2) is 9.49. The van der Waals surface area contributed by atoms with Gasteiger partial charge in [0, 0.05) is 29.4 Å². The minimum Gasteiger partial charge on any atom is -0.321 e. The van der Waals surface area contributed by atoms with Crippen molar-refractivity contribution in [2.24, 2.45) is 0 Å². The zero-order valence-electron chi connectivity index (χ0n) is 14.0. The van der Waals surface area contributed by atoms with Crippen LogP contribution in [0.15, 0.2) is 63.7 Å². The fourth-order valence-corrected chi connectivity index (χ4v) is 4.48. The molecule has 0 atom stereocenters. The van der Waals surface area contributed by atoms with Gasteiger partial charge in [-0.3, -0.25) is 4.79 Å². The molecule has 0 bridgehead atoms. The van der Waals surface area contributed by atoms with Crippen molar-refractivity contribution in [3.05, 3.63) is 89.1 Å². The molecule has 3 nitrogen and oxygen atoms in total. The summed E-state index contributed by atoms with van der Waals surface area (Å²) in [6.07, 6.45) is 3.07. The number of rotatable bonds is 5. The molecule has 0 saturated carbocycles. The largest absolute Gasteiger partial charge is 0.321 e. The van der Waals surface area contributed by atoms with Crippen LogP contribution in [0, 0.1) is 3.57 Å². The molecular weight excluding hydrogens is 606 g/mol. The molecule has 7 heteroatoms. The maximum atomic E-state index is 12.7. The van der Waals surface area contributed by atoms with Crippen molar-refractivity contribution in [1.82, 2.24) is 4.98 Å². The third-order valence-electron chi connectivity index (χ3n) is 3.91. The van der Waals surface area contributed by atoms with E-state index < -0.39 is 0 Å². The molecule has 3 aromatic rings. The lowest BCUT2D eigenvalue weighted by Gasteiger charge is -2.12. The highest BCUT2D eigenvalue weighted by atomic mass is 127. The molecular formula is C20H14Br2ClIN2O. The highest BCUT2D eigenvalue weighted by Gasteiger charge is 2.15. The van der Waals surface area contributed by atoms with Gasteiger partial charge in [0.25, 0.3) is 5.91 Å². The molecule has 0 radical (unpaired) electrons. The van der Waals surface area contributed by atoms with Crippen LogP contribution >= 0.6 is 66.1 Å². The van der Waals surface area contributed by atoms with Crippen molar-refractivity contribution < 1.29 is 4.79 Å². The normalized spacial score (nSPS) is 10.7. The Bertz CT molecular complexity index is 983. The van der Waals surface area contributed by atoms with Gasteiger partial charge in [-0.2, -0.15) is 0 Å². The summed E-state index contributed by atoms with van der Waals surface area (Å²) in [6.45, 7) is 0. The van der Waals surface area contributed by atoms with Crippen molar-refractivity contribution in [1.29, 1.82) is 0 Å². The summed E-state index contributed by atoms with van der Waals surface area (Å²) in [5, 5.41) is 3.59. The van der Waals surface area contributed by atoms with Crippen LogP contribution < -0.4 is 5.32 Å². The maximum absolute atomic E-state index is 12.7. The number of carbonyl (C=O) groups excluding carboxylic acids is 1. The molecule has 0 saturated heterocycles. The number of hydrogen-bond donors (Lipinski definition) is 1. The van der Waals surface area contributed by atoms with Gasteiger partial charge in [-0.1, -0.05) is 29.8 Å². The van der Waals surface area contributed by atoms with E-state index >= 15 is 0 Å². The Balaban J connectivity index is 1.83. The quantitative estimate of drug-likeness (QED) is 0.249. The van der Waals surface area contributed by atoms with Crippen LogP contribution in [0.5, 0.6) is 0 Å². The van der Waals surface area contributed by atoms with E-state index in [0.717, 1.165) is 35.8 Å². The number of halogens is 4. The Kier molecular flexibility index (Phi) is 7.30. The molecule has 27 heavy (non-hydrogen) atoms. The number of nitrogens with zero attached hydrogens (tertiary/aromatic N) is 1. The molecule has 0 spiro atoms. The molecule has 3 rings (SSSR count). The van der Waals surface area contributed by atoms with Gasteiger partial charge in [0.05, 0.1) is 0 Å². The van der Waals surface area contributed by atoms with E-state index in [2.05, 4.69) is 64.8 Å². The van der Waals surface area contributed by atoms with Gasteiger partial charge in [0.2, 0.25) is 0 Å². The van der Waals surface area contributed by atoms with E-state index in [1.165, 1.54) is 0 Å². The fourth-order valence-electron chi connectivity index (χ4n) is 2.65. The number of amides is 1. The fraction of sp³-hybridized carbons (Fsp3) is 0.100. The van der Waals surface area contributed by atoms with Gasteiger partial charge >= 0.3 is 0 Å². The summed E-state index contributed by atoms with van der Waals surface area (Å²) >= 11 is 15.5. The predicted molar refractivity (Wildman–Crippen MR) is 126 cm³/mol. The van der Waals surface area contributed by atoms with Crippen molar-refractivity contribution in [3.8, 4) is 0 Å². The number of aryl methyl sites for hydroxylation is 2. The van der Waals surface area contributed by atoms with Gasteiger partial charge in [0.1, 0.15) is 5.69 Å². The maximum Gasteiger partial charge on any atom is 0.274 e. The second-order valence-corrected chi connectivity index (χ2v) is 9.13. The Labute approximate surface area is 193 Å². The van der Waals surface area contributed by atoms with Crippen LogP contribution in [0.25, 0.3) is 0 Å². The van der Waals surface area contributed by atoms with E-state index in [0.29, 0.717) is 17.1 Å². The van der Waals surface area contributed by atoms with E-state index in [-0.39, 0.29) is 5.91 Å². The zero-order valence-corrected chi connectivity index (χ0v) is 20.1. The van der Waals surface area contributed by atoms with Crippen molar-refractivity contribution in [2.75, 3.05) is 5.32 Å². The van der Waals surface area contributed by atoms with Gasteiger partial charge in [-0.05, 0) is 109 Å². The summed E-state index contributed by atoms with van der Waals surface area (Å²) in [5.74, 6) is -0.217. The van der Waals surface area contributed by atoms with Crippen LogP contribution in [-0.2, 0) is 12.8 Å². The van der Waals surface area contributed by atoms with E-state index in [1.807, 2.05) is 48.5 Å². The average Bonchev–Trinajstić information content (AvgIpc) is 2.64. The minimum atomic E-state index is -0.217. The molecule has 0 aliphatic carbocycles. The molecule has 0 aliphatic heterocycles. The van der Waals surface area contributed by atoms with Gasteiger partial charge in [-0.25, -0.2) is 4.98 Å². The number of hydrogen-bond acceptors (Lipinski definition) is 2. The van der Waals surface area contributed by atoms with Crippen molar-refractivity contribution in [3.63, 3.8) is 0 Å². The van der Waals surface area contributed by atoms with Crippen LogP contribution in [0.3, 0.4) is 0 Å². The minimum absolute atomic E-state index is 0.217.